The number of hydrogen-bond acceptors (Lipinski definition) is 0. The van der Waals surface area contributed by atoms with Gasteiger partial charge in [-0.2, -0.15) is 0 Å². The predicted molar refractivity (Wildman–Crippen MR) is 63.2 cm³/mol. The number of rotatable bonds is 0. The van der Waals surface area contributed by atoms with Gasteiger partial charge in [-0.05, 0) is 0 Å². The van der Waals surface area contributed by atoms with Crippen LogP contribution in [0.4, 0.5) is 0 Å². The van der Waals surface area contributed by atoms with Gasteiger partial charge in [0.05, 0.1) is 0 Å². The van der Waals surface area contributed by atoms with E-state index >= 15 is 0 Å². The van der Waals surface area contributed by atoms with E-state index in [1.807, 2.05) is 0 Å². The van der Waals surface area contributed by atoms with Crippen LogP contribution < -0.4 is 0 Å². The Hall–Kier alpha value is 2.17. The second kappa shape index (κ2) is 3.73. The van der Waals surface area contributed by atoms with Crippen LogP contribution in [-0.4, -0.2) is 28.1 Å². The van der Waals surface area contributed by atoms with E-state index in [1.165, 1.54) is 0 Å². The molecule has 11 heavy (non-hydrogen) atoms. The van der Waals surface area contributed by atoms with Crippen LogP contribution in [0.5, 0.6) is 0 Å². The van der Waals surface area contributed by atoms with Crippen molar-refractivity contribution in [3.8, 4) is 0 Å². The van der Waals surface area contributed by atoms with E-state index in [1.54, 1.807) is 0 Å². The topological polar surface area (TPSA) is 0 Å². The maximum Gasteiger partial charge on any atom is 0.193 e. The molecular formula is C3H6Cl6Si2. The molecule has 0 aliphatic carbocycles. The van der Waals surface area contributed by atoms with Crippen LogP contribution in [0.25, 0.3) is 0 Å². The van der Waals surface area contributed by atoms with Crippen LogP contribution in [0.1, 0.15) is 0 Å². The van der Waals surface area contributed by atoms with Gasteiger partial charge in [-0.3, -0.25) is 0 Å². The van der Waals surface area contributed by atoms with Crippen LogP contribution in [0.15, 0.2) is 0 Å². The highest BCUT2D eigenvalue weighted by Crippen LogP contribution is 2.58. The van der Waals surface area contributed by atoms with Crippen molar-refractivity contribution in [1.29, 1.82) is 0 Å². The molecule has 0 atom stereocenters. The first-order valence-corrected chi connectivity index (χ1v) is 6.90. The molecule has 0 heterocycles. The fraction of sp³-hybridized carbons (Fsp3) is 1.00. The second-order valence-electron chi connectivity index (χ2n) is 2.62. The predicted octanol–water partition coefficient (Wildman–Crippen LogP) is 1.57. The van der Waals surface area contributed by atoms with Gasteiger partial charge < -0.3 is 0 Å². The monoisotopic (exact) mass is 308 g/mol. The molecule has 0 aromatic rings. The summed E-state index contributed by atoms with van der Waals surface area (Å²) in [7, 11) is 1.07. The fourth-order valence-corrected chi connectivity index (χ4v) is 1.45. The van der Waals surface area contributed by atoms with E-state index < -0.39 is 12.2 Å². The minimum atomic E-state index is -1.48. The molecule has 0 rings (SSSR count). The van der Waals surface area contributed by atoms with Crippen molar-refractivity contribution < 1.29 is 0 Å². The van der Waals surface area contributed by atoms with Crippen molar-refractivity contribution in [2.24, 2.45) is 0 Å². The lowest BCUT2D eigenvalue weighted by molar-refractivity contribution is 0.799. The first kappa shape index (κ1) is 13.2. The molecule has 0 nitrogen and oxygen atoms in total. The van der Waals surface area contributed by atoms with Crippen molar-refractivity contribution in [2.45, 2.75) is 12.2 Å². The summed E-state index contributed by atoms with van der Waals surface area (Å²) in [6, 6.07) is 0. The molecule has 0 aliphatic rings. The van der Waals surface area contributed by atoms with Gasteiger partial charge in [-0.25, -0.2) is 0 Å². The van der Waals surface area contributed by atoms with Gasteiger partial charge in [0.1, 0.15) is 0 Å². The zero-order valence-electron chi connectivity index (χ0n) is 5.77. The molecule has 0 saturated carbocycles. The molecule has 0 amide bonds. The molecule has 0 saturated heterocycles. The zero-order valence-corrected chi connectivity index (χ0v) is 14.3. The highest BCUT2D eigenvalue weighted by molar-refractivity contribution is 6.81. The van der Waals surface area contributed by atoms with E-state index in [9.17, 15) is 0 Å². The van der Waals surface area contributed by atoms with Crippen molar-refractivity contribution in [2.75, 3.05) is 0 Å². The average molecular weight is 311 g/mol. The molecule has 0 unspecified atom stereocenters. The quantitative estimate of drug-likeness (QED) is 0.471. The van der Waals surface area contributed by atoms with Crippen LogP contribution in [0, 0.1) is 0 Å². The highest BCUT2D eigenvalue weighted by atomic mass is 35.6. The summed E-state index contributed by atoms with van der Waals surface area (Å²) < 4.78 is -3.71. The largest absolute Gasteiger partial charge is 0.193 e. The van der Waals surface area contributed by atoms with Crippen molar-refractivity contribution in [3.63, 3.8) is 0 Å². The first-order chi connectivity index (χ1) is 4.50. The Balaban J connectivity index is 4.75. The summed E-state index contributed by atoms with van der Waals surface area (Å²) in [5.41, 5.74) is 0. The minimum Gasteiger partial charge on any atom is -0.0836 e. The Bertz CT molecular complexity index is 127. The first-order valence-electron chi connectivity index (χ1n) is 2.63. The Morgan fingerprint density at radius 1 is 0.636 bits per heavy atom. The molecular weight excluding hydrogens is 305 g/mol. The SMILES string of the molecule is [SiH3]C([SiH3])(C(Cl)(Cl)Cl)C(Cl)(Cl)Cl. The Morgan fingerprint density at radius 3 is 0.818 bits per heavy atom. The molecule has 0 fully saturated rings. The van der Waals surface area contributed by atoms with Gasteiger partial charge in [0.2, 0.25) is 0 Å². The van der Waals surface area contributed by atoms with Gasteiger partial charge in [-0.1, -0.05) is 69.6 Å². The summed E-state index contributed by atoms with van der Waals surface area (Å²) in [5.74, 6) is 0. The van der Waals surface area contributed by atoms with Crippen molar-refractivity contribution in [1.82, 2.24) is 0 Å². The van der Waals surface area contributed by atoms with Crippen molar-refractivity contribution in [3.05, 3.63) is 0 Å². The Kier molecular flexibility index (Phi) is 4.47. The second-order valence-corrected chi connectivity index (χ2v) is 13.2. The highest BCUT2D eigenvalue weighted by Gasteiger charge is 2.53. The fourth-order valence-electron chi connectivity index (χ4n) is 0.161. The van der Waals surface area contributed by atoms with E-state index in [0.29, 0.717) is 20.5 Å². The molecule has 0 N–H and O–H groups in total. The summed E-state index contributed by atoms with van der Waals surface area (Å²) in [6.45, 7) is 0. The van der Waals surface area contributed by atoms with Crippen LogP contribution in [0.2, 0.25) is 4.66 Å². The van der Waals surface area contributed by atoms with Gasteiger partial charge >= 0.3 is 0 Å². The molecule has 8 heteroatoms. The molecule has 0 bridgehead atoms. The van der Waals surface area contributed by atoms with E-state index in [0.717, 1.165) is 0 Å². The average Bonchev–Trinajstić information content (AvgIpc) is 1.58. The third-order valence-corrected chi connectivity index (χ3v) is 11.1. The van der Waals surface area contributed by atoms with Crippen LogP contribution in [-0.2, 0) is 0 Å². The number of halogens is 6. The summed E-state index contributed by atoms with van der Waals surface area (Å²) in [4.78, 5) is 0. The van der Waals surface area contributed by atoms with E-state index in [4.69, 9.17) is 69.6 Å². The summed E-state index contributed by atoms with van der Waals surface area (Å²) in [5, 5.41) is 0. The smallest absolute Gasteiger partial charge is 0.0836 e. The van der Waals surface area contributed by atoms with E-state index in [2.05, 4.69) is 0 Å². The standard InChI is InChI=1S/C3H6Cl6Si2/c4-2(5,6)1(10,11)3(7,8)9/h10-11H3. The Labute approximate surface area is 102 Å². The lowest BCUT2D eigenvalue weighted by Crippen LogP contribution is -2.40. The molecule has 0 spiro atoms. The molecule has 0 aliphatic heterocycles. The molecule has 68 valence electrons. The third kappa shape index (κ3) is 3.10. The summed E-state index contributed by atoms with van der Waals surface area (Å²) in [6.07, 6.45) is 0. The number of alkyl halides is 6. The maximum absolute atomic E-state index is 5.66. The van der Waals surface area contributed by atoms with Crippen molar-refractivity contribution >= 4 is 90.1 Å². The Morgan fingerprint density at radius 2 is 0.818 bits per heavy atom. The van der Waals surface area contributed by atoms with Crippen LogP contribution in [0.3, 0.4) is 0 Å². The maximum atomic E-state index is 5.66. The molecule has 0 radical (unpaired) electrons. The lowest BCUT2D eigenvalue weighted by atomic mass is 10.5. The van der Waals surface area contributed by atoms with Gasteiger partial charge in [-0.15, -0.1) is 0 Å². The van der Waals surface area contributed by atoms with Gasteiger partial charge in [0, 0.05) is 25.1 Å². The van der Waals surface area contributed by atoms with Crippen LogP contribution >= 0.6 is 69.6 Å². The lowest BCUT2D eigenvalue weighted by Gasteiger charge is -2.38. The normalized spacial score (nSPS) is 15.8. The number of hydrogen-bond donors (Lipinski definition) is 0. The van der Waals surface area contributed by atoms with Gasteiger partial charge in [0.25, 0.3) is 0 Å². The molecule has 0 aromatic carbocycles. The van der Waals surface area contributed by atoms with Gasteiger partial charge in [0.15, 0.2) is 7.59 Å². The summed E-state index contributed by atoms with van der Waals surface area (Å²) >= 11 is 33.9. The zero-order chi connectivity index (χ0) is 9.50. The van der Waals surface area contributed by atoms with E-state index in [-0.39, 0.29) is 0 Å². The minimum absolute atomic E-state index is 0.536. The third-order valence-electron chi connectivity index (χ3n) is 1.42. The molecule has 0 aromatic heterocycles.